The minimum Gasteiger partial charge on any atom is -0.322 e. The van der Waals surface area contributed by atoms with Crippen molar-refractivity contribution in [3.05, 3.63) is 64.7 Å². The number of carbonyl (C=O) groups is 1. The zero-order valence-corrected chi connectivity index (χ0v) is 16.9. The van der Waals surface area contributed by atoms with Gasteiger partial charge in [0.25, 0.3) is 0 Å². The van der Waals surface area contributed by atoms with Gasteiger partial charge in [0.2, 0.25) is 0 Å². The van der Waals surface area contributed by atoms with E-state index in [1.54, 1.807) is 0 Å². The molecular weight excluding hydrogens is 358 g/mol. The van der Waals surface area contributed by atoms with Gasteiger partial charge in [0, 0.05) is 43.4 Å². The number of halogens is 1. The van der Waals surface area contributed by atoms with Gasteiger partial charge in [0.05, 0.1) is 0 Å². The van der Waals surface area contributed by atoms with Gasteiger partial charge in [-0.1, -0.05) is 49.7 Å². The number of anilines is 1. The SMILES string of the molecule is CC(C)c1ccc(NC(=O)N2CCN(CCc3cccc(Cl)c3)CC2)cc1. The van der Waals surface area contributed by atoms with E-state index >= 15 is 0 Å². The molecule has 1 aliphatic rings. The predicted molar refractivity (Wildman–Crippen MR) is 113 cm³/mol. The number of benzene rings is 2. The van der Waals surface area contributed by atoms with Crippen LogP contribution in [0.2, 0.25) is 5.02 Å². The van der Waals surface area contributed by atoms with Crippen molar-refractivity contribution in [2.24, 2.45) is 0 Å². The van der Waals surface area contributed by atoms with Crippen LogP contribution in [0.25, 0.3) is 0 Å². The Labute approximate surface area is 167 Å². The quantitative estimate of drug-likeness (QED) is 0.798. The average Bonchev–Trinajstić information content (AvgIpc) is 2.67. The van der Waals surface area contributed by atoms with Crippen LogP contribution in [0.1, 0.15) is 30.9 Å². The van der Waals surface area contributed by atoms with Crippen LogP contribution in [0.3, 0.4) is 0 Å². The monoisotopic (exact) mass is 385 g/mol. The fourth-order valence-electron chi connectivity index (χ4n) is 3.31. The van der Waals surface area contributed by atoms with E-state index in [-0.39, 0.29) is 6.03 Å². The molecule has 0 radical (unpaired) electrons. The smallest absolute Gasteiger partial charge is 0.321 e. The molecule has 0 saturated carbocycles. The zero-order valence-electron chi connectivity index (χ0n) is 16.1. The summed E-state index contributed by atoms with van der Waals surface area (Å²) in [5.41, 5.74) is 3.39. The molecule has 0 atom stereocenters. The molecule has 0 bridgehead atoms. The van der Waals surface area contributed by atoms with E-state index in [4.69, 9.17) is 11.6 Å². The predicted octanol–water partition coefficient (Wildman–Crippen LogP) is 4.86. The molecule has 0 unspecified atom stereocenters. The average molecular weight is 386 g/mol. The van der Waals surface area contributed by atoms with Crippen molar-refractivity contribution in [2.45, 2.75) is 26.2 Å². The van der Waals surface area contributed by atoms with Crippen molar-refractivity contribution in [3.63, 3.8) is 0 Å². The number of hydrogen-bond donors (Lipinski definition) is 1. The standard InChI is InChI=1S/C22H28ClN3O/c1-17(2)19-6-8-21(9-7-19)24-22(27)26-14-12-25(13-15-26)11-10-18-4-3-5-20(23)16-18/h3-9,16-17H,10-15H2,1-2H3,(H,24,27). The van der Waals surface area contributed by atoms with Crippen LogP contribution in [0, 0.1) is 0 Å². The van der Waals surface area contributed by atoms with Gasteiger partial charge < -0.3 is 10.2 Å². The summed E-state index contributed by atoms with van der Waals surface area (Å²) in [6, 6.07) is 16.1. The molecule has 0 aliphatic carbocycles. The van der Waals surface area contributed by atoms with Crippen molar-refractivity contribution in [1.29, 1.82) is 0 Å². The molecule has 144 valence electrons. The Morgan fingerprint density at radius 1 is 1.07 bits per heavy atom. The maximum atomic E-state index is 12.5. The summed E-state index contributed by atoms with van der Waals surface area (Å²) in [6.07, 6.45) is 0.981. The lowest BCUT2D eigenvalue weighted by Gasteiger charge is -2.34. The number of urea groups is 1. The number of carbonyl (C=O) groups excluding carboxylic acids is 1. The maximum Gasteiger partial charge on any atom is 0.321 e. The molecule has 2 aromatic carbocycles. The third-order valence-corrected chi connectivity index (χ3v) is 5.33. The van der Waals surface area contributed by atoms with Crippen molar-refractivity contribution >= 4 is 23.3 Å². The minimum absolute atomic E-state index is 0.0122. The minimum atomic E-state index is -0.0122. The van der Waals surface area contributed by atoms with Gasteiger partial charge in [0.1, 0.15) is 0 Å². The van der Waals surface area contributed by atoms with Crippen LogP contribution in [0.4, 0.5) is 10.5 Å². The van der Waals surface area contributed by atoms with Gasteiger partial charge in [-0.25, -0.2) is 4.79 Å². The number of hydrogen-bond acceptors (Lipinski definition) is 2. The molecule has 1 N–H and O–H groups in total. The zero-order chi connectivity index (χ0) is 19.2. The van der Waals surface area contributed by atoms with Crippen LogP contribution in [0.5, 0.6) is 0 Å². The summed E-state index contributed by atoms with van der Waals surface area (Å²) in [6.45, 7) is 8.64. The van der Waals surface area contributed by atoms with Gasteiger partial charge >= 0.3 is 6.03 Å². The highest BCUT2D eigenvalue weighted by Crippen LogP contribution is 2.18. The second-order valence-electron chi connectivity index (χ2n) is 7.42. The summed E-state index contributed by atoms with van der Waals surface area (Å²) in [5, 5.41) is 3.80. The van der Waals surface area contributed by atoms with E-state index in [0.717, 1.165) is 49.9 Å². The topological polar surface area (TPSA) is 35.6 Å². The lowest BCUT2D eigenvalue weighted by Crippen LogP contribution is -2.50. The van der Waals surface area contributed by atoms with Crippen LogP contribution in [0.15, 0.2) is 48.5 Å². The molecule has 1 fully saturated rings. The molecule has 0 aromatic heterocycles. The first-order valence-electron chi connectivity index (χ1n) is 9.64. The molecule has 1 saturated heterocycles. The van der Waals surface area contributed by atoms with E-state index in [1.807, 2.05) is 35.2 Å². The molecular formula is C22H28ClN3O. The highest BCUT2D eigenvalue weighted by molar-refractivity contribution is 6.30. The number of nitrogens with zero attached hydrogens (tertiary/aromatic N) is 2. The molecule has 1 heterocycles. The van der Waals surface area contributed by atoms with E-state index in [9.17, 15) is 4.79 Å². The molecule has 3 rings (SSSR count). The van der Waals surface area contributed by atoms with E-state index in [1.165, 1.54) is 11.1 Å². The Morgan fingerprint density at radius 2 is 1.78 bits per heavy atom. The number of amides is 2. The highest BCUT2D eigenvalue weighted by atomic mass is 35.5. The molecule has 5 heteroatoms. The summed E-state index contributed by atoms with van der Waals surface area (Å²) >= 11 is 6.05. The number of rotatable bonds is 5. The Balaban J connectivity index is 1.43. The first-order valence-corrected chi connectivity index (χ1v) is 10.0. The normalized spacial score (nSPS) is 15.2. The number of piperazine rings is 1. The fourth-order valence-corrected chi connectivity index (χ4v) is 3.52. The summed E-state index contributed by atoms with van der Waals surface area (Å²) in [5.74, 6) is 0.495. The van der Waals surface area contributed by atoms with Crippen LogP contribution >= 0.6 is 11.6 Å². The second-order valence-corrected chi connectivity index (χ2v) is 7.85. The van der Waals surface area contributed by atoms with Crippen LogP contribution in [-0.4, -0.2) is 48.6 Å². The second kappa shape index (κ2) is 9.25. The van der Waals surface area contributed by atoms with Crippen molar-refractivity contribution in [2.75, 3.05) is 38.0 Å². The van der Waals surface area contributed by atoms with Crippen LogP contribution < -0.4 is 5.32 Å². The van der Waals surface area contributed by atoms with Crippen molar-refractivity contribution in [1.82, 2.24) is 9.80 Å². The van der Waals surface area contributed by atoms with E-state index < -0.39 is 0 Å². The summed E-state index contributed by atoms with van der Waals surface area (Å²) in [4.78, 5) is 16.8. The summed E-state index contributed by atoms with van der Waals surface area (Å²) < 4.78 is 0. The Morgan fingerprint density at radius 3 is 2.41 bits per heavy atom. The van der Waals surface area contributed by atoms with Gasteiger partial charge in [-0.05, 0) is 47.7 Å². The highest BCUT2D eigenvalue weighted by Gasteiger charge is 2.21. The van der Waals surface area contributed by atoms with Gasteiger partial charge in [-0.2, -0.15) is 0 Å². The molecule has 2 aromatic rings. The van der Waals surface area contributed by atoms with E-state index in [2.05, 4.69) is 42.3 Å². The fraction of sp³-hybridized carbons (Fsp3) is 0.409. The first-order chi connectivity index (χ1) is 13.0. The van der Waals surface area contributed by atoms with Crippen molar-refractivity contribution < 1.29 is 4.79 Å². The maximum absolute atomic E-state index is 12.5. The molecule has 2 amide bonds. The third-order valence-electron chi connectivity index (χ3n) is 5.09. The van der Waals surface area contributed by atoms with Gasteiger partial charge in [-0.15, -0.1) is 0 Å². The Hall–Kier alpha value is -2.04. The van der Waals surface area contributed by atoms with Crippen molar-refractivity contribution in [3.8, 4) is 0 Å². The first kappa shape index (κ1) is 19.7. The largest absolute Gasteiger partial charge is 0.322 e. The third kappa shape index (κ3) is 5.72. The van der Waals surface area contributed by atoms with E-state index in [0.29, 0.717) is 5.92 Å². The van der Waals surface area contributed by atoms with Crippen LogP contribution in [-0.2, 0) is 6.42 Å². The Bertz CT molecular complexity index is 752. The summed E-state index contributed by atoms with van der Waals surface area (Å²) in [7, 11) is 0. The molecule has 27 heavy (non-hydrogen) atoms. The lowest BCUT2D eigenvalue weighted by molar-refractivity contribution is 0.148. The van der Waals surface area contributed by atoms with Gasteiger partial charge in [-0.3, -0.25) is 4.90 Å². The molecule has 4 nitrogen and oxygen atoms in total. The lowest BCUT2D eigenvalue weighted by atomic mass is 10.0. The van der Waals surface area contributed by atoms with Gasteiger partial charge in [0.15, 0.2) is 0 Å². The molecule has 1 aliphatic heterocycles. The number of nitrogens with one attached hydrogen (secondary N) is 1. The molecule has 0 spiro atoms. The Kier molecular flexibility index (Phi) is 6.75.